The molecule has 0 radical (unpaired) electrons. The second-order valence-corrected chi connectivity index (χ2v) is 7.10. The van der Waals surface area contributed by atoms with Crippen LogP contribution in [-0.4, -0.2) is 27.3 Å². The molecule has 6 nitrogen and oxygen atoms in total. The first-order valence-electron chi connectivity index (χ1n) is 9.54. The zero-order chi connectivity index (χ0) is 20.1. The average molecular weight is 378 g/mol. The fourth-order valence-corrected chi connectivity index (χ4v) is 2.71. The van der Waals surface area contributed by atoms with E-state index in [0.29, 0.717) is 25.0 Å². The minimum atomic E-state index is -0.0153. The fourth-order valence-electron chi connectivity index (χ4n) is 2.71. The van der Waals surface area contributed by atoms with Gasteiger partial charge in [0.05, 0.1) is 12.3 Å². The van der Waals surface area contributed by atoms with E-state index in [9.17, 15) is 4.79 Å². The van der Waals surface area contributed by atoms with E-state index in [1.54, 1.807) is 4.68 Å². The van der Waals surface area contributed by atoms with E-state index in [4.69, 9.17) is 4.74 Å². The summed E-state index contributed by atoms with van der Waals surface area (Å²) in [6, 6.07) is 16.0. The number of benzene rings is 2. The number of hydrogen-bond acceptors (Lipinski definition) is 4. The van der Waals surface area contributed by atoms with E-state index in [-0.39, 0.29) is 5.91 Å². The first-order valence-corrected chi connectivity index (χ1v) is 9.54. The Bertz CT molecular complexity index is 945. The van der Waals surface area contributed by atoms with Gasteiger partial charge in [0.1, 0.15) is 0 Å². The van der Waals surface area contributed by atoms with Gasteiger partial charge < -0.3 is 10.1 Å². The van der Waals surface area contributed by atoms with E-state index in [0.717, 1.165) is 28.3 Å². The van der Waals surface area contributed by atoms with Crippen molar-refractivity contribution in [3.05, 3.63) is 54.1 Å². The van der Waals surface area contributed by atoms with E-state index in [1.807, 2.05) is 62.4 Å². The maximum atomic E-state index is 11.6. The molecule has 3 aromatic rings. The topological polar surface area (TPSA) is 69.0 Å². The van der Waals surface area contributed by atoms with Gasteiger partial charge in [-0.25, -0.2) is 4.68 Å². The second kappa shape index (κ2) is 8.69. The summed E-state index contributed by atoms with van der Waals surface area (Å²) in [4.78, 5) is 16.2. The molecular formula is C22H26N4O2. The number of aryl methyl sites for hydroxylation is 1. The highest BCUT2D eigenvalue weighted by atomic mass is 16.5. The van der Waals surface area contributed by atoms with Crippen LogP contribution in [0, 0.1) is 12.8 Å². The molecular weight excluding hydrogens is 352 g/mol. The van der Waals surface area contributed by atoms with Crippen molar-refractivity contribution >= 4 is 11.6 Å². The van der Waals surface area contributed by atoms with Crippen molar-refractivity contribution in [1.29, 1.82) is 0 Å². The smallest absolute Gasteiger partial charge is 0.336 e. The lowest BCUT2D eigenvalue weighted by molar-refractivity contribution is -0.115. The molecule has 0 fully saturated rings. The minimum absolute atomic E-state index is 0.0153. The third-order valence-corrected chi connectivity index (χ3v) is 4.24. The largest absolute Gasteiger partial charge is 0.462 e. The molecule has 1 aromatic heterocycles. The number of nitrogens with zero attached hydrogens (tertiary/aromatic N) is 3. The Hall–Kier alpha value is -3.15. The molecule has 6 heteroatoms. The van der Waals surface area contributed by atoms with E-state index >= 15 is 0 Å². The van der Waals surface area contributed by atoms with Gasteiger partial charge in [0.2, 0.25) is 5.91 Å². The van der Waals surface area contributed by atoms with Gasteiger partial charge in [-0.1, -0.05) is 45.0 Å². The van der Waals surface area contributed by atoms with Gasteiger partial charge >= 0.3 is 6.01 Å². The summed E-state index contributed by atoms with van der Waals surface area (Å²) < 4.78 is 7.54. The molecule has 0 bridgehead atoms. The van der Waals surface area contributed by atoms with Gasteiger partial charge in [-0.05, 0) is 42.7 Å². The molecule has 3 rings (SSSR count). The van der Waals surface area contributed by atoms with Crippen LogP contribution in [-0.2, 0) is 4.79 Å². The fraction of sp³-hybridized carbons (Fsp3) is 0.318. The maximum absolute atomic E-state index is 11.6. The van der Waals surface area contributed by atoms with Crippen LogP contribution in [0.4, 0.5) is 5.69 Å². The molecule has 0 atom stereocenters. The Morgan fingerprint density at radius 1 is 1.14 bits per heavy atom. The molecule has 0 aliphatic heterocycles. The third kappa shape index (κ3) is 4.57. The number of carbonyl (C=O) groups excluding carboxylic acids is 1. The molecule has 0 unspecified atom stereocenters. The van der Waals surface area contributed by atoms with Crippen molar-refractivity contribution in [2.75, 3.05) is 11.9 Å². The average Bonchev–Trinajstić information content (AvgIpc) is 3.11. The van der Waals surface area contributed by atoms with E-state index in [1.165, 1.54) is 0 Å². The zero-order valence-corrected chi connectivity index (χ0v) is 16.8. The molecule has 2 aromatic carbocycles. The Morgan fingerprint density at radius 2 is 1.86 bits per heavy atom. The van der Waals surface area contributed by atoms with E-state index in [2.05, 4.69) is 29.2 Å². The monoisotopic (exact) mass is 378 g/mol. The number of rotatable bonds is 7. The third-order valence-electron chi connectivity index (χ3n) is 4.24. The first kappa shape index (κ1) is 19.6. The van der Waals surface area contributed by atoms with Gasteiger partial charge in [-0.3, -0.25) is 4.79 Å². The Balaban J connectivity index is 1.98. The predicted octanol–water partition coefficient (Wildman–Crippen LogP) is 4.63. The normalized spacial score (nSPS) is 10.9. The SMILES string of the molecule is CCC(=O)Nc1ccc(-n2nc(OCC(C)C)nc2-c2ccccc2C)cc1. The molecule has 1 N–H and O–H groups in total. The van der Waals surface area contributed by atoms with Gasteiger partial charge in [0.25, 0.3) is 0 Å². The van der Waals surface area contributed by atoms with Crippen LogP contribution >= 0.6 is 0 Å². The standard InChI is InChI=1S/C22H26N4O2/c1-5-20(27)23-17-10-12-18(13-11-17)26-21(19-9-7-6-8-16(19)4)24-22(25-26)28-14-15(2)3/h6-13,15H,5,14H2,1-4H3,(H,23,27). The van der Waals surface area contributed by atoms with Gasteiger partial charge in [-0.2, -0.15) is 4.98 Å². The summed E-state index contributed by atoms with van der Waals surface area (Å²) >= 11 is 0. The summed E-state index contributed by atoms with van der Waals surface area (Å²) in [5, 5.41) is 7.43. The molecule has 1 amide bonds. The lowest BCUT2D eigenvalue weighted by Crippen LogP contribution is -2.09. The number of ether oxygens (including phenoxy) is 1. The van der Waals surface area contributed by atoms with Crippen LogP contribution < -0.4 is 10.1 Å². The predicted molar refractivity (Wildman–Crippen MR) is 111 cm³/mol. The number of carbonyl (C=O) groups is 1. The molecule has 146 valence electrons. The first-order chi connectivity index (χ1) is 13.5. The summed E-state index contributed by atoms with van der Waals surface area (Å²) in [5.41, 5.74) is 3.71. The molecule has 1 heterocycles. The van der Waals surface area contributed by atoms with Crippen LogP contribution in [0.5, 0.6) is 6.01 Å². The number of nitrogens with one attached hydrogen (secondary N) is 1. The maximum Gasteiger partial charge on any atom is 0.336 e. The van der Waals surface area contributed by atoms with Gasteiger partial charge in [0, 0.05) is 17.7 Å². The van der Waals surface area contributed by atoms with Crippen molar-refractivity contribution in [3.8, 4) is 23.1 Å². The Morgan fingerprint density at radius 3 is 2.50 bits per heavy atom. The van der Waals surface area contributed by atoms with Gasteiger partial charge in [-0.15, -0.1) is 5.10 Å². The quantitative estimate of drug-likeness (QED) is 0.651. The second-order valence-electron chi connectivity index (χ2n) is 7.10. The van der Waals surface area contributed by atoms with Crippen LogP contribution in [0.1, 0.15) is 32.8 Å². The van der Waals surface area contributed by atoms with Crippen LogP contribution in [0.15, 0.2) is 48.5 Å². The molecule has 0 saturated carbocycles. The van der Waals surface area contributed by atoms with Crippen molar-refractivity contribution in [3.63, 3.8) is 0 Å². The van der Waals surface area contributed by atoms with Crippen molar-refractivity contribution in [2.45, 2.75) is 34.1 Å². The molecule has 0 aliphatic rings. The lowest BCUT2D eigenvalue weighted by atomic mass is 10.1. The molecule has 0 aliphatic carbocycles. The highest BCUT2D eigenvalue weighted by Gasteiger charge is 2.16. The summed E-state index contributed by atoms with van der Waals surface area (Å²) in [6.45, 7) is 8.60. The summed E-state index contributed by atoms with van der Waals surface area (Å²) in [7, 11) is 0. The molecule has 28 heavy (non-hydrogen) atoms. The number of amides is 1. The molecule has 0 spiro atoms. The highest BCUT2D eigenvalue weighted by molar-refractivity contribution is 5.90. The lowest BCUT2D eigenvalue weighted by Gasteiger charge is -2.09. The van der Waals surface area contributed by atoms with Crippen LogP contribution in [0.3, 0.4) is 0 Å². The number of aromatic nitrogens is 3. The zero-order valence-electron chi connectivity index (χ0n) is 16.8. The Kier molecular flexibility index (Phi) is 6.09. The summed E-state index contributed by atoms with van der Waals surface area (Å²) in [6.07, 6.45) is 0.443. The Labute approximate surface area is 165 Å². The number of anilines is 1. The van der Waals surface area contributed by atoms with Crippen molar-refractivity contribution in [2.24, 2.45) is 5.92 Å². The van der Waals surface area contributed by atoms with Crippen molar-refractivity contribution in [1.82, 2.24) is 14.8 Å². The summed E-state index contributed by atoms with van der Waals surface area (Å²) in [5.74, 6) is 1.09. The minimum Gasteiger partial charge on any atom is -0.462 e. The number of hydrogen-bond donors (Lipinski definition) is 1. The van der Waals surface area contributed by atoms with Crippen LogP contribution in [0.25, 0.3) is 17.1 Å². The van der Waals surface area contributed by atoms with Crippen molar-refractivity contribution < 1.29 is 9.53 Å². The highest BCUT2D eigenvalue weighted by Crippen LogP contribution is 2.27. The van der Waals surface area contributed by atoms with E-state index < -0.39 is 0 Å². The molecule has 0 saturated heterocycles. The van der Waals surface area contributed by atoms with Crippen LogP contribution in [0.2, 0.25) is 0 Å². The van der Waals surface area contributed by atoms with Gasteiger partial charge in [0.15, 0.2) is 5.82 Å².